The first kappa shape index (κ1) is 49.0. The van der Waals surface area contributed by atoms with E-state index in [9.17, 15) is 49.2 Å². The lowest BCUT2D eigenvalue weighted by Crippen LogP contribution is -2.42. The normalized spacial score (nSPS) is 11.5. The molecule has 5 aromatic rings. The molecule has 9 rings (SSSR count). The number of anilines is 1. The molecule has 0 unspecified atom stereocenters. The second kappa shape index (κ2) is 20.0. The number of carbonyl (C=O) groups is 5. The maximum atomic E-state index is 13.7. The largest absolute Gasteiger partial charge is 0.508 e. The van der Waals surface area contributed by atoms with Crippen molar-refractivity contribution < 1.29 is 53.2 Å². The molecule has 5 aromatic carbocycles. The summed E-state index contributed by atoms with van der Waals surface area (Å²) in [6.07, 6.45) is -0.113. The summed E-state index contributed by atoms with van der Waals surface area (Å²) in [5, 5.41) is 48.3. The zero-order valence-electron chi connectivity index (χ0n) is 40.1. The number of amides is 2. The second-order valence-corrected chi connectivity index (χ2v) is 17.8. The Labute approximate surface area is 421 Å². The highest BCUT2D eigenvalue weighted by molar-refractivity contribution is 6.11. The Hall–Kier alpha value is -10.0. The molecule has 0 saturated heterocycles. The van der Waals surface area contributed by atoms with Gasteiger partial charge in [0.1, 0.15) is 48.6 Å². The number of nitrogens with zero attached hydrogens (tertiary/aromatic N) is 2. The molecule has 16 heteroatoms. The average Bonchev–Trinajstić information content (AvgIpc) is 3.38. The van der Waals surface area contributed by atoms with Gasteiger partial charge in [0, 0.05) is 100 Å². The molecule has 0 radical (unpaired) electrons. The number of phenolic OH excluding ortho intramolecular Hbond substituents is 1. The predicted octanol–water partition coefficient (Wildman–Crippen LogP) is 7.49. The summed E-state index contributed by atoms with van der Waals surface area (Å²) in [7, 11) is 7.60. The van der Waals surface area contributed by atoms with E-state index in [1.54, 1.807) is 36.4 Å². The Morgan fingerprint density at radius 3 is 1.80 bits per heavy atom. The van der Waals surface area contributed by atoms with E-state index in [1.807, 2.05) is 74.1 Å². The van der Waals surface area contributed by atoms with Crippen LogP contribution in [-0.2, 0) is 11.2 Å². The highest BCUT2D eigenvalue weighted by atomic mass is 16.4. The zero-order valence-corrected chi connectivity index (χ0v) is 40.1. The number of benzene rings is 7. The van der Waals surface area contributed by atoms with E-state index in [0.717, 1.165) is 11.0 Å². The van der Waals surface area contributed by atoms with Gasteiger partial charge in [-0.25, -0.2) is 19.0 Å². The highest BCUT2D eigenvalue weighted by Gasteiger charge is 2.27. The third kappa shape index (κ3) is 9.85. The van der Waals surface area contributed by atoms with Crippen molar-refractivity contribution in [3.8, 4) is 62.5 Å². The topological polar surface area (TPSA) is 240 Å². The minimum atomic E-state index is -1.39. The highest BCUT2D eigenvalue weighted by Crippen LogP contribution is 2.44. The van der Waals surface area contributed by atoms with E-state index in [1.165, 1.54) is 60.7 Å². The van der Waals surface area contributed by atoms with Gasteiger partial charge in [0.15, 0.2) is 5.43 Å². The van der Waals surface area contributed by atoms with Gasteiger partial charge in [0.25, 0.3) is 11.8 Å². The van der Waals surface area contributed by atoms with Gasteiger partial charge < -0.3 is 44.8 Å². The lowest BCUT2D eigenvalue weighted by Gasteiger charge is -2.19. The molecule has 1 atom stereocenters. The molecule has 2 aliphatic heterocycles. The van der Waals surface area contributed by atoms with Gasteiger partial charge in [-0.3, -0.25) is 14.4 Å². The first-order chi connectivity index (χ1) is 35.4. The van der Waals surface area contributed by atoms with E-state index in [2.05, 4.69) is 22.5 Å². The van der Waals surface area contributed by atoms with Gasteiger partial charge in [-0.2, -0.15) is 0 Å². The standard InChI is InChI=1S/C58H44N4O12/c1-61(2)35-13-19-41-48(27-35)73-49-28-36(62(3)4)14-20-42(49)52(41)40-18-12-34(26-46(40)57(69)70)55(66)60-47(58(71)72)24-32-9-7-31(8-10-32)6-5-23-59-54(65)33-11-17-39(45(25-33)56(67)68)53-43-21-15-37(63)29-50(43)74-51-30-38(64)16-22-44(51)53/h7-22,25-30,47H,23-24H2,1-4H3,(H5-,59,60,63,64,65,66,67,68,69,70,71,72)/p+1/t47-/m0/s1. The number of aromatic carboxylic acids is 2. The summed E-state index contributed by atoms with van der Waals surface area (Å²) >= 11 is 0. The molecular formula is C58H45N4O12+. The van der Waals surface area contributed by atoms with Gasteiger partial charge >= 0.3 is 17.9 Å². The molecular weight excluding hydrogens is 945 g/mol. The Morgan fingerprint density at radius 1 is 0.635 bits per heavy atom. The van der Waals surface area contributed by atoms with Crippen LogP contribution in [0.25, 0.3) is 66.8 Å². The third-order valence-corrected chi connectivity index (χ3v) is 12.5. The molecule has 2 aliphatic carbocycles. The molecule has 16 nitrogen and oxygen atoms in total. The van der Waals surface area contributed by atoms with E-state index >= 15 is 0 Å². The summed E-state index contributed by atoms with van der Waals surface area (Å²) < 4.78 is 14.2. The van der Waals surface area contributed by atoms with Gasteiger partial charge in [-0.15, -0.1) is 0 Å². The van der Waals surface area contributed by atoms with Crippen LogP contribution < -0.4 is 30.9 Å². The fourth-order valence-corrected chi connectivity index (χ4v) is 8.80. The summed E-state index contributed by atoms with van der Waals surface area (Å²) in [6.45, 7) is -0.109. The minimum absolute atomic E-state index is 0.0505. The van der Waals surface area contributed by atoms with Crippen LogP contribution in [0.3, 0.4) is 0 Å². The predicted molar refractivity (Wildman–Crippen MR) is 278 cm³/mol. The number of aliphatic carboxylic acids is 1. The number of hydrogen-bond acceptors (Lipinski definition) is 10. The number of aromatic hydroxyl groups is 1. The monoisotopic (exact) mass is 989 g/mol. The first-order valence-electron chi connectivity index (χ1n) is 23.0. The molecule has 74 heavy (non-hydrogen) atoms. The van der Waals surface area contributed by atoms with Crippen molar-refractivity contribution >= 4 is 57.3 Å². The quantitative estimate of drug-likeness (QED) is 0.0396. The van der Waals surface area contributed by atoms with Crippen molar-refractivity contribution in [3.63, 3.8) is 0 Å². The fraction of sp³-hybridized carbons (Fsp3) is 0.121. The molecule has 0 spiro atoms. The Morgan fingerprint density at radius 2 is 1.20 bits per heavy atom. The van der Waals surface area contributed by atoms with Gasteiger partial charge in [0.2, 0.25) is 5.36 Å². The molecule has 0 saturated carbocycles. The number of fused-ring (bicyclic) bond motifs is 4. The van der Waals surface area contributed by atoms with Crippen LogP contribution in [0, 0.1) is 11.8 Å². The molecule has 0 fully saturated rings. The number of carbonyl (C=O) groups excluding carboxylic acids is 2. The molecule has 0 bridgehead atoms. The summed E-state index contributed by atoms with van der Waals surface area (Å²) in [5.74, 6) is 1.11. The number of nitrogens with one attached hydrogen (secondary N) is 2. The van der Waals surface area contributed by atoms with Crippen LogP contribution in [0.1, 0.15) is 52.6 Å². The van der Waals surface area contributed by atoms with E-state index in [0.29, 0.717) is 61.1 Å². The van der Waals surface area contributed by atoms with Crippen molar-refractivity contribution in [3.05, 3.63) is 182 Å². The number of phenols is 1. The van der Waals surface area contributed by atoms with Crippen molar-refractivity contribution in [1.29, 1.82) is 0 Å². The van der Waals surface area contributed by atoms with Gasteiger partial charge in [0.05, 0.1) is 23.7 Å². The molecule has 2 heterocycles. The van der Waals surface area contributed by atoms with Crippen molar-refractivity contribution in [2.45, 2.75) is 12.5 Å². The SMILES string of the molecule is CN(C)c1ccc2c(-c3ccc(C(=O)N[C@@H](Cc4ccc(C#CCNC(=O)c5ccc(-c6c7ccc(=O)cc-7oc7cc(O)ccc67)c(C(=O)O)c5)cc4)C(=O)O)cc3C(=O)O)c3ccc(=[N+](C)C)cc-3oc2c1. The average molecular weight is 990 g/mol. The van der Waals surface area contributed by atoms with Crippen LogP contribution in [0.5, 0.6) is 5.75 Å². The van der Waals surface area contributed by atoms with E-state index in [4.69, 9.17) is 8.83 Å². The molecule has 0 aromatic heterocycles. The molecule has 4 aliphatic rings. The fourth-order valence-electron chi connectivity index (χ4n) is 8.80. The van der Waals surface area contributed by atoms with Crippen molar-refractivity contribution in [1.82, 2.24) is 15.2 Å². The number of rotatable bonds is 12. The number of carboxylic acids is 3. The summed E-state index contributed by atoms with van der Waals surface area (Å²) in [4.78, 5) is 79.1. The molecule has 6 N–H and O–H groups in total. The van der Waals surface area contributed by atoms with E-state index < -0.39 is 35.8 Å². The van der Waals surface area contributed by atoms with Crippen LogP contribution in [0.15, 0.2) is 147 Å². The Kier molecular flexibility index (Phi) is 13.2. The smallest absolute Gasteiger partial charge is 0.336 e. The number of carboxylic acid groups (broad SMARTS) is 3. The lowest BCUT2D eigenvalue weighted by atomic mass is 9.89. The van der Waals surface area contributed by atoms with Crippen LogP contribution in [0.4, 0.5) is 5.69 Å². The lowest BCUT2D eigenvalue weighted by molar-refractivity contribution is -0.139. The molecule has 368 valence electrons. The number of hydrogen-bond donors (Lipinski definition) is 6. The van der Waals surface area contributed by atoms with Crippen LogP contribution in [-0.4, -0.2) is 90.9 Å². The maximum absolute atomic E-state index is 13.7. The second-order valence-electron chi connectivity index (χ2n) is 17.8. The van der Waals surface area contributed by atoms with Crippen molar-refractivity contribution in [2.75, 3.05) is 39.6 Å². The van der Waals surface area contributed by atoms with Crippen LogP contribution in [0.2, 0.25) is 0 Å². The Bertz CT molecular complexity index is 3930. The van der Waals surface area contributed by atoms with Crippen LogP contribution >= 0.6 is 0 Å². The first-order valence-corrected chi connectivity index (χ1v) is 23.0. The Balaban J connectivity index is 0.885. The third-order valence-electron chi connectivity index (χ3n) is 12.5. The summed E-state index contributed by atoms with van der Waals surface area (Å²) in [5.41, 5.74) is 4.76. The van der Waals surface area contributed by atoms with Gasteiger partial charge in [-0.1, -0.05) is 36.1 Å². The van der Waals surface area contributed by atoms with Gasteiger partial charge in [-0.05, 0) is 95.6 Å². The summed E-state index contributed by atoms with van der Waals surface area (Å²) in [6, 6.07) is 33.5. The molecule has 2 amide bonds. The maximum Gasteiger partial charge on any atom is 0.336 e. The van der Waals surface area contributed by atoms with E-state index in [-0.39, 0.29) is 63.3 Å². The van der Waals surface area contributed by atoms with Crippen molar-refractivity contribution in [2.24, 2.45) is 0 Å². The minimum Gasteiger partial charge on any atom is -0.508 e. The zero-order chi connectivity index (χ0) is 52.5.